The lowest BCUT2D eigenvalue weighted by molar-refractivity contribution is -0.137. The minimum Gasteiger partial charge on any atom is -0.495 e. The van der Waals surface area contributed by atoms with Gasteiger partial charge in [0.15, 0.2) is 0 Å². The standard InChI is InChI=1S/C38H43N7O3.C16H21NO2/c1-24(46)44-20-15-35-33(23-44)36(31-4-2-3-28-21-34(25-5-6-25)40-22-32(28)31)41-45(35)30-13-18-43(19-14-30)38(48)27-11-16-42(17-12-27)29-9-7-26(8-10-29)37(39)47;1-15(2)10-16(3,4)14(15)19-12-7-6-11(9-17)13(8-12)18-5/h2-4,7-10,21-22,25,27,30H,5-6,11-20,23H2,1H3,(H2,39,47);6-8,14H,10H2,1-5H3. The molecule has 2 saturated carbocycles. The Morgan fingerprint density at radius 2 is 1.57 bits per heavy atom. The quantitative estimate of drug-likeness (QED) is 0.153. The molecule has 2 aromatic heterocycles. The molecule has 0 atom stereocenters. The molecule has 13 heteroatoms. The van der Waals surface area contributed by atoms with E-state index in [-0.39, 0.29) is 40.7 Å². The fraction of sp³-hybridized carbons (Fsp3) is 0.481. The van der Waals surface area contributed by atoms with Gasteiger partial charge in [0.2, 0.25) is 17.7 Å². The molecule has 2 aliphatic carbocycles. The number of carbonyl (C=O) groups is 3. The first-order valence-corrected chi connectivity index (χ1v) is 24.1. The number of benzene rings is 3. The molecule has 5 aromatic rings. The predicted molar refractivity (Wildman–Crippen MR) is 259 cm³/mol. The number of piperidine rings is 2. The van der Waals surface area contributed by atoms with Gasteiger partial charge in [-0.1, -0.05) is 45.9 Å². The predicted octanol–water partition coefficient (Wildman–Crippen LogP) is 8.83. The first kappa shape index (κ1) is 45.7. The molecule has 10 rings (SSSR count). The van der Waals surface area contributed by atoms with Crippen LogP contribution < -0.4 is 20.1 Å². The van der Waals surface area contributed by atoms with E-state index in [9.17, 15) is 14.4 Å². The number of methoxy groups -OCH3 is 1. The SMILES string of the molecule is CC(=O)N1CCc2c(c(-c3cccc4cc(C5CC5)ncc34)nn2C2CCN(C(=O)C3CCN(c4ccc(C(N)=O)cc4)CC3)CC2)C1.COc1cc(OC2C(C)(C)CC2(C)C)ccc1C#N. The Morgan fingerprint density at radius 3 is 2.19 bits per heavy atom. The highest BCUT2D eigenvalue weighted by molar-refractivity contribution is 5.96. The van der Waals surface area contributed by atoms with Gasteiger partial charge in [-0.2, -0.15) is 10.4 Å². The average molecular weight is 905 g/mol. The summed E-state index contributed by atoms with van der Waals surface area (Å²) in [6.45, 7) is 14.9. The molecule has 3 amide bonds. The molecule has 4 fully saturated rings. The maximum atomic E-state index is 13.7. The second kappa shape index (κ2) is 18.3. The van der Waals surface area contributed by atoms with Crippen LogP contribution in [0.5, 0.6) is 11.5 Å². The van der Waals surface area contributed by atoms with E-state index in [1.165, 1.54) is 29.6 Å². The zero-order chi connectivity index (χ0) is 47.2. The van der Waals surface area contributed by atoms with Crippen molar-refractivity contribution >= 4 is 34.2 Å². The van der Waals surface area contributed by atoms with Crippen molar-refractivity contribution in [2.45, 2.75) is 111 Å². The molecular weight excluding hydrogens is 841 g/mol. The zero-order valence-electron chi connectivity index (χ0n) is 39.9. The van der Waals surface area contributed by atoms with Gasteiger partial charge in [0, 0.05) is 127 Å². The number of anilines is 1. The lowest BCUT2D eigenvalue weighted by Crippen LogP contribution is -2.58. The number of nitrogens with zero attached hydrogens (tertiary/aromatic N) is 7. The highest BCUT2D eigenvalue weighted by atomic mass is 16.5. The van der Waals surface area contributed by atoms with Crippen LogP contribution in [0.15, 0.2) is 72.9 Å². The maximum absolute atomic E-state index is 13.7. The van der Waals surface area contributed by atoms with Crippen molar-refractivity contribution in [3.8, 4) is 28.8 Å². The van der Waals surface area contributed by atoms with E-state index in [1.54, 1.807) is 38.3 Å². The Bertz CT molecular complexity index is 2700. The van der Waals surface area contributed by atoms with Crippen molar-refractivity contribution in [3.63, 3.8) is 0 Å². The summed E-state index contributed by atoms with van der Waals surface area (Å²) < 4.78 is 13.6. The number of ether oxygens (including phenoxy) is 2. The summed E-state index contributed by atoms with van der Waals surface area (Å²) in [5, 5.41) is 16.6. The fourth-order valence-corrected chi connectivity index (χ4v) is 11.6. The summed E-state index contributed by atoms with van der Waals surface area (Å²) in [7, 11) is 1.57. The largest absolute Gasteiger partial charge is 0.495 e. The molecule has 2 saturated heterocycles. The number of hydrogen-bond acceptors (Lipinski definition) is 9. The molecular formula is C54H64N8O5. The van der Waals surface area contributed by atoms with Crippen LogP contribution in [0.3, 0.4) is 0 Å². The van der Waals surface area contributed by atoms with Crippen molar-refractivity contribution in [2.24, 2.45) is 22.5 Å². The van der Waals surface area contributed by atoms with Gasteiger partial charge >= 0.3 is 0 Å². The summed E-state index contributed by atoms with van der Waals surface area (Å²) in [5.74, 6) is 1.89. The minimum absolute atomic E-state index is 0.0322. The molecule has 67 heavy (non-hydrogen) atoms. The average Bonchev–Trinajstić information content (AvgIpc) is 4.13. The van der Waals surface area contributed by atoms with Gasteiger partial charge in [-0.25, -0.2) is 0 Å². The van der Waals surface area contributed by atoms with Crippen LogP contribution in [0.4, 0.5) is 5.69 Å². The summed E-state index contributed by atoms with van der Waals surface area (Å²) in [6.07, 6.45) is 9.93. The molecule has 5 heterocycles. The second-order valence-electron chi connectivity index (χ2n) is 20.7. The number of hydrogen-bond donors (Lipinski definition) is 1. The Hall–Kier alpha value is -6.42. The first-order valence-electron chi connectivity index (χ1n) is 24.1. The summed E-state index contributed by atoms with van der Waals surface area (Å²) in [4.78, 5) is 48.7. The third-order valence-corrected chi connectivity index (χ3v) is 14.9. The molecule has 0 bridgehead atoms. The topological polar surface area (TPSA) is 160 Å². The van der Waals surface area contributed by atoms with Gasteiger partial charge in [-0.05, 0) is 92.8 Å². The minimum atomic E-state index is -0.424. The van der Waals surface area contributed by atoms with Gasteiger partial charge in [0.1, 0.15) is 23.7 Å². The molecule has 350 valence electrons. The molecule has 0 spiro atoms. The van der Waals surface area contributed by atoms with E-state index >= 15 is 0 Å². The van der Waals surface area contributed by atoms with Crippen molar-refractivity contribution < 1.29 is 23.9 Å². The smallest absolute Gasteiger partial charge is 0.248 e. The summed E-state index contributed by atoms with van der Waals surface area (Å²) >= 11 is 0. The number of aromatic nitrogens is 3. The van der Waals surface area contributed by atoms with E-state index < -0.39 is 5.91 Å². The molecule has 3 aliphatic heterocycles. The van der Waals surface area contributed by atoms with Crippen molar-refractivity contribution in [1.82, 2.24) is 24.6 Å². The zero-order valence-corrected chi connectivity index (χ0v) is 39.9. The number of pyridine rings is 1. The number of likely N-dealkylation sites (tertiary alicyclic amines) is 1. The van der Waals surface area contributed by atoms with Crippen LogP contribution in [0.2, 0.25) is 0 Å². The number of nitriles is 1. The van der Waals surface area contributed by atoms with E-state index in [1.807, 2.05) is 29.3 Å². The number of amides is 3. The van der Waals surface area contributed by atoms with Gasteiger partial charge in [0.25, 0.3) is 0 Å². The molecule has 13 nitrogen and oxygen atoms in total. The molecule has 3 aromatic carbocycles. The monoisotopic (exact) mass is 904 g/mol. The van der Waals surface area contributed by atoms with Crippen molar-refractivity contribution in [3.05, 3.63) is 101 Å². The van der Waals surface area contributed by atoms with Crippen LogP contribution in [-0.4, -0.2) is 88.2 Å². The van der Waals surface area contributed by atoms with Crippen LogP contribution in [0.25, 0.3) is 22.0 Å². The second-order valence-corrected chi connectivity index (χ2v) is 20.7. The number of nitrogens with two attached hydrogens (primary N) is 1. The van der Waals surface area contributed by atoms with Crippen molar-refractivity contribution in [1.29, 1.82) is 5.26 Å². The highest BCUT2D eigenvalue weighted by Gasteiger charge is 2.55. The van der Waals surface area contributed by atoms with E-state index in [4.69, 9.17) is 30.6 Å². The fourth-order valence-electron chi connectivity index (χ4n) is 11.6. The summed E-state index contributed by atoms with van der Waals surface area (Å²) in [6, 6.07) is 23.8. The normalized spacial score (nSPS) is 19.4. The number of rotatable bonds is 9. The van der Waals surface area contributed by atoms with Crippen LogP contribution >= 0.6 is 0 Å². The molecule has 5 aliphatic rings. The number of primary amides is 1. The van der Waals surface area contributed by atoms with Gasteiger partial charge in [-0.15, -0.1) is 0 Å². The first-order chi connectivity index (χ1) is 32.1. The number of carbonyl (C=O) groups excluding carboxylic acids is 3. The molecule has 0 unspecified atom stereocenters. The highest BCUT2D eigenvalue weighted by Crippen LogP contribution is 2.55. The third kappa shape index (κ3) is 9.32. The third-order valence-electron chi connectivity index (χ3n) is 14.9. The van der Waals surface area contributed by atoms with Crippen LogP contribution in [0.1, 0.15) is 124 Å². The van der Waals surface area contributed by atoms with Crippen LogP contribution in [-0.2, 0) is 22.6 Å². The molecule has 2 N–H and O–H groups in total. The van der Waals surface area contributed by atoms with Gasteiger partial charge in [0.05, 0.1) is 24.4 Å². The van der Waals surface area contributed by atoms with Gasteiger partial charge in [-0.3, -0.25) is 24.0 Å². The summed E-state index contributed by atoms with van der Waals surface area (Å²) in [5.41, 5.74) is 13.4. The lowest BCUT2D eigenvalue weighted by Gasteiger charge is -2.56. The maximum Gasteiger partial charge on any atom is 0.248 e. The Balaban J connectivity index is 0.000000248. The van der Waals surface area contributed by atoms with Crippen molar-refractivity contribution in [2.75, 3.05) is 44.7 Å². The van der Waals surface area contributed by atoms with Crippen LogP contribution in [0, 0.1) is 28.1 Å². The Morgan fingerprint density at radius 1 is 0.851 bits per heavy atom. The lowest BCUT2D eigenvalue weighted by atomic mass is 9.53. The van der Waals surface area contributed by atoms with E-state index in [0.29, 0.717) is 35.9 Å². The Labute approximate surface area is 394 Å². The van der Waals surface area contributed by atoms with E-state index in [0.717, 1.165) is 98.3 Å². The van der Waals surface area contributed by atoms with Gasteiger partial charge < -0.3 is 29.9 Å². The number of fused-ring (bicyclic) bond motifs is 2. The molecule has 0 radical (unpaired) electrons. The van der Waals surface area contributed by atoms with E-state index in [2.05, 4.69) is 72.5 Å². The Kier molecular flexibility index (Phi) is 12.5.